The summed E-state index contributed by atoms with van der Waals surface area (Å²) >= 11 is 6.01. The molecule has 2 N–H and O–H groups in total. The monoisotopic (exact) mass is 423 g/mol. The highest BCUT2D eigenvalue weighted by Crippen LogP contribution is 2.44. The molecule has 154 valence electrons. The van der Waals surface area contributed by atoms with Crippen LogP contribution in [-0.2, 0) is 11.3 Å². The molecule has 5 nitrogen and oxygen atoms in total. The lowest BCUT2D eigenvalue weighted by Gasteiger charge is -2.15. The Morgan fingerprint density at radius 2 is 1.67 bits per heavy atom. The molecule has 1 amide bonds. The summed E-state index contributed by atoms with van der Waals surface area (Å²) in [6, 6.07) is 21.6. The van der Waals surface area contributed by atoms with Gasteiger partial charge in [0.1, 0.15) is 19.0 Å². The number of aliphatic hydroxyl groups is 1. The number of carbonyl (C=O) groups excluding carboxylic acids is 1. The molecule has 0 spiro atoms. The molecule has 0 saturated carbocycles. The average Bonchev–Trinajstić information content (AvgIpc) is 3.09. The molecular weight excluding hydrogens is 402 g/mol. The molecule has 0 saturated heterocycles. The number of alkyl carbamates (subject to hydrolysis) is 1. The summed E-state index contributed by atoms with van der Waals surface area (Å²) in [5.41, 5.74) is 5.47. The number of benzene rings is 3. The number of halogens is 1. The van der Waals surface area contributed by atoms with E-state index >= 15 is 0 Å². The van der Waals surface area contributed by atoms with Gasteiger partial charge in [-0.05, 0) is 34.4 Å². The Morgan fingerprint density at radius 1 is 1.00 bits per heavy atom. The zero-order chi connectivity index (χ0) is 20.9. The zero-order valence-electron chi connectivity index (χ0n) is 16.3. The first kappa shape index (κ1) is 20.3. The van der Waals surface area contributed by atoms with Crippen LogP contribution in [0.2, 0.25) is 5.02 Å². The second kappa shape index (κ2) is 9.20. The van der Waals surface area contributed by atoms with Crippen molar-refractivity contribution in [2.45, 2.75) is 12.5 Å². The fraction of sp³-hybridized carbons (Fsp3) is 0.208. The van der Waals surface area contributed by atoms with E-state index in [-0.39, 0.29) is 32.3 Å². The Kier molecular flexibility index (Phi) is 6.21. The number of hydrogen-bond acceptors (Lipinski definition) is 4. The van der Waals surface area contributed by atoms with E-state index in [9.17, 15) is 4.79 Å². The summed E-state index contributed by atoms with van der Waals surface area (Å²) in [6.45, 7) is 0.535. The molecular formula is C24H22ClNO4. The molecule has 3 aromatic rings. The van der Waals surface area contributed by atoms with Gasteiger partial charge in [0.2, 0.25) is 0 Å². The molecule has 0 atom stereocenters. The number of ether oxygens (including phenoxy) is 2. The number of aliphatic hydroxyl groups excluding tert-OH is 1. The summed E-state index contributed by atoms with van der Waals surface area (Å²) in [4.78, 5) is 12.3. The largest absolute Gasteiger partial charge is 0.491 e. The number of hydrogen-bond donors (Lipinski definition) is 2. The number of carbonyl (C=O) groups is 1. The van der Waals surface area contributed by atoms with Crippen LogP contribution in [0.15, 0.2) is 66.7 Å². The van der Waals surface area contributed by atoms with Gasteiger partial charge < -0.3 is 19.9 Å². The first-order valence-electron chi connectivity index (χ1n) is 9.78. The van der Waals surface area contributed by atoms with Crippen LogP contribution in [0.25, 0.3) is 11.1 Å². The topological polar surface area (TPSA) is 67.8 Å². The first-order chi connectivity index (χ1) is 14.7. The highest BCUT2D eigenvalue weighted by atomic mass is 35.5. The van der Waals surface area contributed by atoms with Gasteiger partial charge >= 0.3 is 6.09 Å². The van der Waals surface area contributed by atoms with Gasteiger partial charge in [0.05, 0.1) is 6.61 Å². The van der Waals surface area contributed by atoms with Gasteiger partial charge in [-0.15, -0.1) is 0 Å². The fourth-order valence-electron chi connectivity index (χ4n) is 3.78. The molecule has 6 heteroatoms. The van der Waals surface area contributed by atoms with E-state index in [1.165, 1.54) is 22.3 Å². The van der Waals surface area contributed by atoms with E-state index in [4.69, 9.17) is 26.2 Å². The van der Waals surface area contributed by atoms with Crippen molar-refractivity contribution in [3.8, 4) is 16.9 Å². The normalized spacial score (nSPS) is 12.2. The maximum Gasteiger partial charge on any atom is 0.407 e. The van der Waals surface area contributed by atoms with Gasteiger partial charge in [0, 0.05) is 23.0 Å². The van der Waals surface area contributed by atoms with Crippen molar-refractivity contribution in [2.24, 2.45) is 0 Å². The van der Waals surface area contributed by atoms with Gasteiger partial charge in [0.15, 0.2) is 0 Å². The Balaban J connectivity index is 1.39. The Labute approximate surface area is 180 Å². The molecule has 0 bridgehead atoms. The Hall–Kier alpha value is -3.02. The molecule has 0 radical (unpaired) electrons. The van der Waals surface area contributed by atoms with Crippen LogP contribution in [0.4, 0.5) is 4.79 Å². The lowest BCUT2D eigenvalue weighted by Crippen LogP contribution is -2.26. The molecule has 0 aromatic heterocycles. The van der Waals surface area contributed by atoms with E-state index in [1.54, 1.807) is 18.2 Å². The van der Waals surface area contributed by atoms with Gasteiger partial charge in [-0.1, -0.05) is 66.2 Å². The maximum atomic E-state index is 12.3. The van der Waals surface area contributed by atoms with Crippen molar-refractivity contribution in [3.05, 3.63) is 88.4 Å². The zero-order valence-corrected chi connectivity index (χ0v) is 17.1. The average molecular weight is 424 g/mol. The summed E-state index contributed by atoms with van der Waals surface area (Å²) in [5, 5.41) is 12.3. The third kappa shape index (κ3) is 4.27. The maximum absolute atomic E-state index is 12.3. The van der Waals surface area contributed by atoms with Crippen molar-refractivity contribution < 1.29 is 19.4 Å². The van der Waals surface area contributed by atoms with Crippen LogP contribution in [0.3, 0.4) is 0 Å². The van der Waals surface area contributed by atoms with E-state index in [1.807, 2.05) is 24.3 Å². The van der Waals surface area contributed by atoms with Crippen LogP contribution >= 0.6 is 11.6 Å². The van der Waals surface area contributed by atoms with E-state index in [0.717, 1.165) is 5.56 Å². The highest BCUT2D eigenvalue weighted by molar-refractivity contribution is 6.30. The number of amides is 1. The van der Waals surface area contributed by atoms with Crippen molar-refractivity contribution in [2.75, 3.05) is 19.8 Å². The van der Waals surface area contributed by atoms with Crippen LogP contribution in [0.5, 0.6) is 5.75 Å². The number of nitrogens with one attached hydrogen (secondary N) is 1. The molecule has 0 fully saturated rings. The quantitative estimate of drug-likeness (QED) is 0.575. The van der Waals surface area contributed by atoms with Crippen LogP contribution in [0.1, 0.15) is 22.6 Å². The molecule has 0 unspecified atom stereocenters. The Bertz CT molecular complexity index is 1010. The molecule has 0 aliphatic heterocycles. The highest BCUT2D eigenvalue weighted by Gasteiger charge is 2.28. The minimum atomic E-state index is -0.500. The van der Waals surface area contributed by atoms with Crippen molar-refractivity contribution in [1.82, 2.24) is 5.32 Å². The second-order valence-corrected chi connectivity index (χ2v) is 7.44. The molecule has 4 rings (SSSR count). The molecule has 3 aromatic carbocycles. The van der Waals surface area contributed by atoms with Crippen molar-refractivity contribution in [1.29, 1.82) is 0 Å². The minimum Gasteiger partial charge on any atom is -0.491 e. The van der Waals surface area contributed by atoms with Crippen molar-refractivity contribution >= 4 is 17.7 Å². The van der Waals surface area contributed by atoms with Gasteiger partial charge in [-0.2, -0.15) is 0 Å². The molecule has 1 aliphatic carbocycles. The van der Waals surface area contributed by atoms with Crippen LogP contribution in [0, 0.1) is 0 Å². The number of rotatable bonds is 7. The van der Waals surface area contributed by atoms with E-state index in [2.05, 4.69) is 29.6 Å². The number of fused-ring (bicyclic) bond motifs is 3. The van der Waals surface area contributed by atoms with E-state index in [0.29, 0.717) is 10.8 Å². The predicted octanol–water partition coefficient (Wildman–Crippen LogP) is 4.75. The summed E-state index contributed by atoms with van der Waals surface area (Å²) in [6.07, 6.45) is -0.500. The molecule has 0 heterocycles. The first-order valence-corrected chi connectivity index (χ1v) is 10.2. The predicted molar refractivity (Wildman–Crippen MR) is 116 cm³/mol. The minimum absolute atomic E-state index is 0.0159. The lowest BCUT2D eigenvalue weighted by atomic mass is 9.98. The third-order valence-corrected chi connectivity index (χ3v) is 5.38. The van der Waals surface area contributed by atoms with Gasteiger partial charge in [-0.3, -0.25) is 0 Å². The van der Waals surface area contributed by atoms with Crippen LogP contribution < -0.4 is 10.1 Å². The lowest BCUT2D eigenvalue weighted by molar-refractivity contribution is 0.142. The summed E-state index contributed by atoms with van der Waals surface area (Å²) in [5.74, 6) is 0.539. The second-order valence-electron chi connectivity index (χ2n) is 7.00. The molecule has 1 aliphatic rings. The van der Waals surface area contributed by atoms with Gasteiger partial charge in [-0.25, -0.2) is 4.79 Å². The standard InChI is InChI=1S/C24H22ClNO4/c25-17-10-9-16(23(13-17)29-12-11-27)14-26-24(28)30-15-22-20-7-3-1-5-18(20)19-6-2-4-8-21(19)22/h1-10,13,22,27H,11-12,14-15H2,(H,26,28). The smallest absolute Gasteiger partial charge is 0.407 e. The molecule has 30 heavy (non-hydrogen) atoms. The summed E-state index contributed by atoms with van der Waals surface area (Å²) < 4.78 is 11.0. The Morgan fingerprint density at radius 3 is 2.33 bits per heavy atom. The SMILES string of the molecule is O=C(NCc1ccc(Cl)cc1OCCO)OCC1c2ccccc2-c2ccccc21. The van der Waals surface area contributed by atoms with E-state index < -0.39 is 6.09 Å². The fourth-order valence-corrected chi connectivity index (χ4v) is 3.94. The summed E-state index contributed by atoms with van der Waals surface area (Å²) in [7, 11) is 0. The van der Waals surface area contributed by atoms with Gasteiger partial charge in [0.25, 0.3) is 0 Å². The third-order valence-electron chi connectivity index (χ3n) is 5.14. The van der Waals surface area contributed by atoms with Crippen molar-refractivity contribution in [3.63, 3.8) is 0 Å². The van der Waals surface area contributed by atoms with Crippen LogP contribution in [-0.4, -0.2) is 31.0 Å².